The minimum absolute atomic E-state index is 0.0955. The van der Waals surface area contributed by atoms with Crippen molar-refractivity contribution < 1.29 is 4.79 Å². The topological polar surface area (TPSA) is 46.9 Å². The van der Waals surface area contributed by atoms with Gasteiger partial charge in [-0.2, -0.15) is 5.10 Å². The van der Waals surface area contributed by atoms with Crippen molar-refractivity contribution in [3.05, 3.63) is 47.3 Å². The van der Waals surface area contributed by atoms with Crippen LogP contribution >= 0.6 is 0 Å². The molecular formula is C12H11N3O. The van der Waals surface area contributed by atoms with Gasteiger partial charge in [0.15, 0.2) is 0 Å². The van der Waals surface area contributed by atoms with Crippen LogP contribution in [0, 0.1) is 6.92 Å². The van der Waals surface area contributed by atoms with Crippen molar-refractivity contribution in [1.29, 1.82) is 0 Å². The smallest absolute Gasteiger partial charge is 0.273 e. The molecule has 0 unspecified atom stereocenters. The number of aromatic nitrogens is 2. The van der Waals surface area contributed by atoms with Gasteiger partial charge in [-0.1, -0.05) is 12.1 Å². The Labute approximate surface area is 92.9 Å². The summed E-state index contributed by atoms with van der Waals surface area (Å²) >= 11 is 0. The van der Waals surface area contributed by atoms with E-state index in [1.165, 1.54) is 0 Å². The highest BCUT2D eigenvalue weighted by atomic mass is 16.2. The number of carbonyl (C=O) groups is 1. The number of nitrogens with one attached hydrogen (secondary N) is 1. The maximum Gasteiger partial charge on any atom is 0.273 e. The predicted molar refractivity (Wildman–Crippen MR) is 60.5 cm³/mol. The first-order valence-electron chi connectivity index (χ1n) is 5.17. The average Bonchev–Trinajstić information content (AvgIpc) is 2.65. The van der Waals surface area contributed by atoms with Crippen molar-refractivity contribution in [1.82, 2.24) is 9.78 Å². The number of hydrogen-bond acceptors (Lipinski definition) is 2. The molecular weight excluding hydrogens is 202 g/mol. The van der Waals surface area contributed by atoms with Crippen LogP contribution in [0.2, 0.25) is 0 Å². The Bertz CT molecular complexity index is 571. The number of rotatable bonds is 0. The first-order chi connectivity index (χ1) is 7.74. The van der Waals surface area contributed by atoms with Crippen molar-refractivity contribution >= 4 is 11.6 Å². The molecule has 16 heavy (non-hydrogen) atoms. The van der Waals surface area contributed by atoms with Crippen LogP contribution in [0.5, 0.6) is 0 Å². The van der Waals surface area contributed by atoms with E-state index >= 15 is 0 Å². The Morgan fingerprint density at radius 2 is 2.25 bits per heavy atom. The van der Waals surface area contributed by atoms with Crippen LogP contribution in [-0.4, -0.2) is 15.7 Å². The fourth-order valence-corrected chi connectivity index (χ4v) is 1.94. The minimum atomic E-state index is -0.0955. The lowest BCUT2D eigenvalue weighted by Gasteiger charge is -2.06. The summed E-state index contributed by atoms with van der Waals surface area (Å²) in [5.41, 5.74) is 3.71. The zero-order valence-electron chi connectivity index (χ0n) is 8.90. The van der Waals surface area contributed by atoms with Crippen LogP contribution in [0.4, 0.5) is 5.69 Å². The highest BCUT2D eigenvalue weighted by Crippen LogP contribution is 2.22. The molecule has 0 aliphatic carbocycles. The fourth-order valence-electron chi connectivity index (χ4n) is 1.94. The van der Waals surface area contributed by atoms with Gasteiger partial charge in [-0.15, -0.1) is 0 Å². The van der Waals surface area contributed by atoms with Gasteiger partial charge in [0.1, 0.15) is 5.69 Å². The molecule has 0 bridgehead atoms. The van der Waals surface area contributed by atoms with Crippen molar-refractivity contribution in [3.8, 4) is 0 Å². The number of hydrogen-bond donors (Lipinski definition) is 1. The summed E-state index contributed by atoms with van der Waals surface area (Å²) in [6.45, 7) is 2.65. The molecule has 0 atom stereocenters. The van der Waals surface area contributed by atoms with Crippen molar-refractivity contribution in [2.75, 3.05) is 5.32 Å². The summed E-state index contributed by atoms with van der Waals surface area (Å²) in [5.74, 6) is -0.0955. The number of amides is 1. The molecule has 1 aliphatic rings. The van der Waals surface area contributed by atoms with E-state index in [0.29, 0.717) is 12.2 Å². The van der Waals surface area contributed by atoms with E-state index in [9.17, 15) is 4.79 Å². The highest BCUT2D eigenvalue weighted by Gasteiger charge is 2.18. The van der Waals surface area contributed by atoms with Gasteiger partial charge in [-0.25, -0.2) is 0 Å². The quantitative estimate of drug-likeness (QED) is 0.725. The van der Waals surface area contributed by atoms with Gasteiger partial charge in [-0.3, -0.25) is 9.48 Å². The summed E-state index contributed by atoms with van der Waals surface area (Å²) in [7, 11) is 0. The largest absolute Gasteiger partial charge is 0.320 e. The number of fused-ring (bicyclic) bond motifs is 2. The zero-order chi connectivity index (χ0) is 11.1. The summed E-state index contributed by atoms with van der Waals surface area (Å²) in [6, 6.07) is 7.79. The lowest BCUT2D eigenvalue weighted by Crippen LogP contribution is -2.13. The van der Waals surface area contributed by atoms with Crippen LogP contribution in [0.15, 0.2) is 30.5 Å². The van der Waals surface area contributed by atoms with Gasteiger partial charge in [0.25, 0.3) is 5.91 Å². The van der Waals surface area contributed by atoms with Gasteiger partial charge in [-0.05, 0) is 30.2 Å². The summed E-state index contributed by atoms with van der Waals surface area (Å²) < 4.78 is 1.72. The Kier molecular flexibility index (Phi) is 1.83. The molecule has 0 fully saturated rings. The first kappa shape index (κ1) is 9.15. The van der Waals surface area contributed by atoms with E-state index in [-0.39, 0.29) is 5.91 Å². The van der Waals surface area contributed by atoms with Gasteiger partial charge < -0.3 is 5.32 Å². The van der Waals surface area contributed by atoms with Crippen molar-refractivity contribution in [3.63, 3.8) is 0 Å². The number of benzene rings is 1. The van der Waals surface area contributed by atoms with E-state index in [4.69, 9.17) is 0 Å². The fraction of sp³-hybridized carbons (Fsp3) is 0.167. The molecule has 2 aromatic rings. The van der Waals surface area contributed by atoms with E-state index in [0.717, 1.165) is 16.8 Å². The highest BCUT2D eigenvalue weighted by molar-refractivity contribution is 6.04. The Balaban J connectivity index is 2.16. The molecule has 1 amide bonds. The second kappa shape index (κ2) is 3.20. The Morgan fingerprint density at radius 3 is 3.12 bits per heavy atom. The average molecular weight is 213 g/mol. The zero-order valence-corrected chi connectivity index (χ0v) is 8.90. The molecule has 0 spiro atoms. The molecule has 0 saturated carbocycles. The lowest BCUT2D eigenvalue weighted by molar-refractivity contribution is 0.101. The number of anilines is 1. The molecule has 4 heteroatoms. The minimum Gasteiger partial charge on any atom is -0.320 e. The molecule has 1 aliphatic heterocycles. The summed E-state index contributed by atoms with van der Waals surface area (Å²) in [4.78, 5) is 11.9. The molecule has 3 rings (SSSR count). The van der Waals surface area contributed by atoms with Gasteiger partial charge in [0.2, 0.25) is 0 Å². The van der Waals surface area contributed by atoms with Crippen molar-refractivity contribution in [2.45, 2.75) is 13.5 Å². The van der Waals surface area contributed by atoms with Crippen LogP contribution in [-0.2, 0) is 6.54 Å². The Hall–Kier alpha value is -2.10. The van der Waals surface area contributed by atoms with Gasteiger partial charge in [0, 0.05) is 11.9 Å². The monoisotopic (exact) mass is 213 g/mol. The number of aryl methyl sites for hydroxylation is 1. The summed E-state index contributed by atoms with van der Waals surface area (Å²) in [6.07, 6.45) is 1.65. The number of nitrogens with zero attached hydrogens (tertiary/aromatic N) is 2. The Morgan fingerprint density at radius 1 is 1.38 bits per heavy atom. The molecule has 1 aromatic heterocycles. The molecule has 1 N–H and O–H groups in total. The van der Waals surface area contributed by atoms with Crippen molar-refractivity contribution in [2.24, 2.45) is 0 Å². The third-order valence-electron chi connectivity index (χ3n) is 2.78. The third-order valence-corrected chi connectivity index (χ3v) is 2.78. The molecule has 0 radical (unpaired) electrons. The molecule has 2 heterocycles. The maximum absolute atomic E-state index is 11.9. The van der Waals surface area contributed by atoms with E-state index in [1.54, 1.807) is 16.9 Å². The maximum atomic E-state index is 11.9. The van der Waals surface area contributed by atoms with E-state index in [2.05, 4.69) is 10.4 Å². The summed E-state index contributed by atoms with van der Waals surface area (Å²) in [5, 5.41) is 7.05. The number of carbonyl (C=O) groups excluding carboxylic acids is 1. The molecule has 1 aromatic carbocycles. The SMILES string of the molecule is Cc1ccc2c(c1)NC(=O)c1ccnn1C2. The van der Waals surface area contributed by atoms with Crippen LogP contribution < -0.4 is 5.32 Å². The second-order valence-electron chi connectivity index (χ2n) is 3.99. The van der Waals surface area contributed by atoms with E-state index < -0.39 is 0 Å². The molecule has 80 valence electrons. The van der Waals surface area contributed by atoms with Gasteiger partial charge >= 0.3 is 0 Å². The van der Waals surface area contributed by atoms with Crippen LogP contribution in [0.25, 0.3) is 0 Å². The first-order valence-corrected chi connectivity index (χ1v) is 5.17. The standard InChI is InChI=1S/C12H11N3O/c1-8-2-3-9-7-15-11(4-5-13-15)12(16)14-10(9)6-8/h2-6H,7H2,1H3,(H,14,16). The molecule has 0 saturated heterocycles. The molecule has 4 nitrogen and oxygen atoms in total. The normalized spacial score (nSPS) is 13.7. The van der Waals surface area contributed by atoms with Gasteiger partial charge in [0.05, 0.1) is 6.54 Å². The second-order valence-corrected chi connectivity index (χ2v) is 3.99. The van der Waals surface area contributed by atoms with E-state index in [1.807, 2.05) is 25.1 Å². The van der Waals surface area contributed by atoms with Crippen LogP contribution in [0.1, 0.15) is 21.6 Å². The third kappa shape index (κ3) is 1.31. The lowest BCUT2D eigenvalue weighted by atomic mass is 10.1. The van der Waals surface area contributed by atoms with Crippen LogP contribution in [0.3, 0.4) is 0 Å². The predicted octanol–water partition coefficient (Wildman–Crippen LogP) is 1.81.